The summed E-state index contributed by atoms with van der Waals surface area (Å²) in [7, 11) is 3.88. The molecule has 1 amide bonds. The second kappa shape index (κ2) is 6.50. The third-order valence-corrected chi connectivity index (χ3v) is 4.18. The highest BCUT2D eigenvalue weighted by molar-refractivity contribution is 9.10. The van der Waals surface area contributed by atoms with Crippen LogP contribution in [0.3, 0.4) is 0 Å². The van der Waals surface area contributed by atoms with Gasteiger partial charge in [0.2, 0.25) is 0 Å². The summed E-state index contributed by atoms with van der Waals surface area (Å²) in [6.45, 7) is 1.92. The van der Waals surface area contributed by atoms with Crippen LogP contribution in [-0.4, -0.2) is 20.0 Å². The lowest BCUT2D eigenvalue weighted by atomic mass is 10.1. The van der Waals surface area contributed by atoms with Crippen molar-refractivity contribution < 1.29 is 4.79 Å². The highest BCUT2D eigenvalue weighted by atomic mass is 79.9. The molecule has 2 aromatic carbocycles. The van der Waals surface area contributed by atoms with Gasteiger partial charge in [-0.25, -0.2) is 0 Å². The van der Waals surface area contributed by atoms with Crippen LogP contribution in [0.1, 0.15) is 15.9 Å². The standard InChI is InChI=1S/C16H16BrClN2O/c1-10-7-13(17)15(9-14(10)18)19-16(21)11-5-4-6-12(8-11)20(2)3/h4-9H,1-3H3,(H,19,21). The molecule has 0 atom stereocenters. The minimum absolute atomic E-state index is 0.167. The van der Waals surface area contributed by atoms with E-state index in [1.54, 1.807) is 12.1 Å². The van der Waals surface area contributed by atoms with E-state index in [2.05, 4.69) is 21.2 Å². The molecule has 21 heavy (non-hydrogen) atoms. The van der Waals surface area contributed by atoms with Crippen LogP contribution in [-0.2, 0) is 0 Å². The summed E-state index contributed by atoms with van der Waals surface area (Å²) in [5.74, 6) is -0.167. The van der Waals surface area contributed by atoms with Gasteiger partial charge in [-0.1, -0.05) is 17.7 Å². The van der Waals surface area contributed by atoms with Gasteiger partial charge in [0.1, 0.15) is 0 Å². The molecular weight excluding hydrogens is 352 g/mol. The van der Waals surface area contributed by atoms with E-state index in [1.165, 1.54) is 0 Å². The molecule has 0 saturated heterocycles. The van der Waals surface area contributed by atoms with E-state index < -0.39 is 0 Å². The molecule has 0 aliphatic rings. The Labute approximate surface area is 138 Å². The van der Waals surface area contributed by atoms with Crippen molar-refractivity contribution in [3.63, 3.8) is 0 Å². The molecular formula is C16H16BrClN2O. The van der Waals surface area contributed by atoms with Gasteiger partial charge in [0.25, 0.3) is 5.91 Å². The topological polar surface area (TPSA) is 32.3 Å². The molecule has 0 aliphatic heterocycles. The molecule has 2 rings (SSSR count). The SMILES string of the molecule is Cc1cc(Br)c(NC(=O)c2cccc(N(C)C)c2)cc1Cl. The van der Waals surface area contributed by atoms with Crippen molar-refractivity contribution in [1.82, 2.24) is 0 Å². The second-order valence-electron chi connectivity index (χ2n) is 4.98. The lowest BCUT2D eigenvalue weighted by Crippen LogP contribution is -2.14. The number of amides is 1. The van der Waals surface area contributed by atoms with E-state index >= 15 is 0 Å². The summed E-state index contributed by atoms with van der Waals surface area (Å²) >= 11 is 9.54. The Bertz CT molecular complexity index is 686. The zero-order chi connectivity index (χ0) is 15.6. The smallest absolute Gasteiger partial charge is 0.255 e. The number of rotatable bonds is 3. The molecule has 0 aromatic heterocycles. The fraction of sp³-hybridized carbons (Fsp3) is 0.188. The van der Waals surface area contributed by atoms with Gasteiger partial charge in [0.15, 0.2) is 0 Å². The molecule has 0 spiro atoms. The zero-order valence-corrected chi connectivity index (χ0v) is 14.4. The van der Waals surface area contributed by atoms with Gasteiger partial charge in [-0.2, -0.15) is 0 Å². The summed E-state index contributed by atoms with van der Waals surface area (Å²) in [6.07, 6.45) is 0. The quantitative estimate of drug-likeness (QED) is 0.850. The first-order valence-corrected chi connectivity index (χ1v) is 7.60. The van der Waals surface area contributed by atoms with E-state index in [0.717, 1.165) is 15.7 Å². The Morgan fingerprint density at radius 2 is 1.95 bits per heavy atom. The Kier molecular flexibility index (Phi) is 4.91. The highest BCUT2D eigenvalue weighted by Gasteiger charge is 2.11. The van der Waals surface area contributed by atoms with Crippen LogP contribution in [0.2, 0.25) is 5.02 Å². The van der Waals surface area contributed by atoms with Gasteiger partial charge < -0.3 is 10.2 Å². The number of carbonyl (C=O) groups excluding carboxylic acids is 1. The van der Waals surface area contributed by atoms with Crippen molar-refractivity contribution in [2.24, 2.45) is 0 Å². The van der Waals surface area contributed by atoms with Crippen molar-refractivity contribution >= 4 is 44.8 Å². The average Bonchev–Trinajstić information content (AvgIpc) is 2.44. The lowest BCUT2D eigenvalue weighted by Gasteiger charge is -2.14. The van der Waals surface area contributed by atoms with Gasteiger partial charge >= 0.3 is 0 Å². The van der Waals surface area contributed by atoms with Crippen LogP contribution in [0.25, 0.3) is 0 Å². The Morgan fingerprint density at radius 3 is 2.62 bits per heavy atom. The molecule has 2 aromatic rings. The molecule has 0 bridgehead atoms. The maximum absolute atomic E-state index is 12.3. The van der Waals surface area contributed by atoms with Crippen molar-refractivity contribution in [3.8, 4) is 0 Å². The molecule has 0 unspecified atom stereocenters. The van der Waals surface area contributed by atoms with E-state index in [-0.39, 0.29) is 5.91 Å². The van der Waals surface area contributed by atoms with E-state index in [1.807, 2.05) is 50.2 Å². The van der Waals surface area contributed by atoms with Crippen molar-refractivity contribution in [2.45, 2.75) is 6.92 Å². The van der Waals surface area contributed by atoms with Crippen molar-refractivity contribution in [3.05, 3.63) is 57.0 Å². The molecule has 0 saturated carbocycles. The van der Waals surface area contributed by atoms with Gasteiger partial charge in [-0.15, -0.1) is 0 Å². The summed E-state index contributed by atoms with van der Waals surface area (Å²) in [5.41, 5.74) is 3.19. The molecule has 1 N–H and O–H groups in total. The Balaban J connectivity index is 2.26. The van der Waals surface area contributed by atoms with Gasteiger partial charge in [-0.05, 0) is 58.7 Å². The normalized spacial score (nSPS) is 10.3. The second-order valence-corrected chi connectivity index (χ2v) is 6.24. The van der Waals surface area contributed by atoms with Crippen LogP contribution >= 0.6 is 27.5 Å². The number of aryl methyl sites for hydroxylation is 1. The first-order chi connectivity index (χ1) is 9.88. The largest absolute Gasteiger partial charge is 0.378 e. The number of hydrogen-bond acceptors (Lipinski definition) is 2. The van der Waals surface area contributed by atoms with E-state index in [9.17, 15) is 4.79 Å². The van der Waals surface area contributed by atoms with Crippen LogP contribution < -0.4 is 10.2 Å². The summed E-state index contributed by atoms with van der Waals surface area (Å²) in [6, 6.07) is 11.1. The summed E-state index contributed by atoms with van der Waals surface area (Å²) in [5, 5.41) is 3.49. The monoisotopic (exact) mass is 366 g/mol. The lowest BCUT2D eigenvalue weighted by molar-refractivity contribution is 0.102. The fourth-order valence-electron chi connectivity index (χ4n) is 1.86. The molecule has 110 valence electrons. The molecule has 5 heteroatoms. The van der Waals surface area contributed by atoms with Gasteiger partial charge in [0, 0.05) is 34.8 Å². The maximum atomic E-state index is 12.3. The van der Waals surface area contributed by atoms with Gasteiger partial charge in [0.05, 0.1) is 5.69 Å². The average molecular weight is 368 g/mol. The van der Waals surface area contributed by atoms with Crippen LogP contribution in [0.5, 0.6) is 0 Å². The van der Waals surface area contributed by atoms with Crippen molar-refractivity contribution in [1.29, 1.82) is 0 Å². The van der Waals surface area contributed by atoms with E-state index in [4.69, 9.17) is 11.6 Å². The number of nitrogens with one attached hydrogen (secondary N) is 1. The third-order valence-electron chi connectivity index (χ3n) is 3.12. The fourth-order valence-corrected chi connectivity index (χ4v) is 2.58. The predicted molar refractivity (Wildman–Crippen MR) is 92.6 cm³/mol. The summed E-state index contributed by atoms with van der Waals surface area (Å²) in [4.78, 5) is 14.3. The number of carbonyl (C=O) groups is 1. The minimum Gasteiger partial charge on any atom is -0.378 e. The number of halogens is 2. The first-order valence-electron chi connectivity index (χ1n) is 6.43. The number of hydrogen-bond donors (Lipinski definition) is 1. The highest BCUT2D eigenvalue weighted by Crippen LogP contribution is 2.29. The minimum atomic E-state index is -0.167. The summed E-state index contributed by atoms with van der Waals surface area (Å²) < 4.78 is 0.807. The first kappa shape index (κ1) is 15.9. The van der Waals surface area contributed by atoms with E-state index in [0.29, 0.717) is 16.3 Å². The van der Waals surface area contributed by atoms with Gasteiger partial charge in [-0.3, -0.25) is 4.79 Å². The maximum Gasteiger partial charge on any atom is 0.255 e. The molecule has 0 aliphatic carbocycles. The third kappa shape index (κ3) is 3.77. The Morgan fingerprint density at radius 1 is 1.24 bits per heavy atom. The Hall–Kier alpha value is -1.52. The molecule has 0 radical (unpaired) electrons. The van der Waals surface area contributed by atoms with Crippen LogP contribution in [0, 0.1) is 6.92 Å². The predicted octanol–water partition coefficient (Wildman–Crippen LogP) is 4.73. The number of anilines is 2. The molecule has 3 nitrogen and oxygen atoms in total. The number of benzene rings is 2. The van der Waals surface area contributed by atoms with Crippen LogP contribution in [0.4, 0.5) is 11.4 Å². The number of nitrogens with zero attached hydrogens (tertiary/aromatic N) is 1. The van der Waals surface area contributed by atoms with Crippen LogP contribution in [0.15, 0.2) is 40.9 Å². The molecule has 0 heterocycles. The van der Waals surface area contributed by atoms with Crippen molar-refractivity contribution in [2.75, 3.05) is 24.3 Å². The molecule has 0 fully saturated rings. The zero-order valence-electron chi connectivity index (χ0n) is 12.1.